The van der Waals surface area contributed by atoms with Crippen LogP contribution in [-0.4, -0.2) is 119 Å². The number of esters is 2. The molecule has 0 radical (unpaired) electrons. The zero-order chi connectivity index (χ0) is 32.0. The van der Waals surface area contributed by atoms with E-state index < -0.39 is 38.5 Å². The first kappa shape index (κ1) is 39.0. The minimum Gasteiger partial charge on any atom is -0.460 e. The van der Waals surface area contributed by atoms with Crippen molar-refractivity contribution >= 4 is 32.9 Å². The standard InChI is InChI=1S/C26H46N2O13Si/c1-20(2)22(29)40-18-26(5,19-41-23(30)21(3)4)28-25(32)39-16-14-37-12-11-36-13-15-38-24(31)27-10-9-17-42(33-6,34-7)35-8/h1,3,9-19H2,2,4-8H3,(H,27,31)(H,28,32). The minimum absolute atomic E-state index is 0.0597. The van der Waals surface area contributed by atoms with E-state index in [2.05, 4.69) is 23.8 Å². The number of carbonyl (C=O) groups is 4. The van der Waals surface area contributed by atoms with E-state index in [1.807, 2.05) is 0 Å². The van der Waals surface area contributed by atoms with E-state index in [0.29, 0.717) is 19.0 Å². The van der Waals surface area contributed by atoms with Crippen LogP contribution in [0.25, 0.3) is 0 Å². The van der Waals surface area contributed by atoms with Crippen molar-refractivity contribution in [2.24, 2.45) is 0 Å². The summed E-state index contributed by atoms with van der Waals surface area (Å²) in [7, 11) is 1.92. The fraction of sp³-hybridized carbons (Fsp3) is 0.692. The van der Waals surface area contributed by atoms with Gasteiger partial charge in [0.15, 0.2) is 0 Å². The Hall–Kier alpha value is -3.02. The van der Waals surface area contributed by atoms with Crippen molar-refractivity contribution in [2.45, 2.75) is 38.8 Å². The zero-order valence-electron chi connectivity index (χ0n) is 25.5. The summed E-state index contributed by atoms with van der Waals surface area (Å²) < 4.78 is 46.9. The topological polar surface area (TPSA) is 175 Å². The third kappa shape index (κ3) is 17.7. The molecule has 0 unspecified atom stereocenters. The van der Waals surface area contributed by atoms with Crippen molar-refractivity contribution in [3.05, 3.63) is 24.3 Å². The molecule has 0 aromatic heterocycles. The lowest BCUT2D eigenvalue weighted by Gasteiger charge is -2.29. The Bertz CT molecular complexity index is 842. The summed E-state index contributed by atoms with van der Waals surface area (Å²) in [6.07, 6.45) is -0.794. The molecular weight excluding hydrogens is 576 g/mol. The van der Waals surface area contributed by atoms with Crippen molar-refractivity contribution in [2.75, 3.05) is 80.7 Å². The molecule has 0 bridgehead atoms. The SMILES string of the molecule is C=C(C)C(=O)OCC(C)(COC(=O)C(=C)C)NC(=O)OCCOCCOCCOC(=O)NCCC[Si](OC)(OC)OC. The number of rotatable bonds is 23. The van der Waals surface area contributed by atoms with Crippen LogP contribution in [0.1, 0.15) is 27.2 Å². The molecule has 2 amide bonds. The van der Waals surface area contributed by atoms with Crippen LogP contribution < -0.4 is 10.6 Å². The number of hydrogen-bond donors (Lipinski definition) is 2. The summed E-state index contributed by atoms with van der Waals surface area (Å²) in [5.74, 6) is -1.32. The Morgan fingerprint density at radius 3 is 1.55 bits per heavy atom. The molecule has 0 fully saturated rings. The molecule has 15 nitrogen and oxygen atoms in total. The van der Waals surface area contributed by atoms with Crippen LogP contribution in [0.4, 0.5) is 9.59 Å². The molecule has 0 atom stereocenters. The third-order valence-corrected chi connectivity index (χ3v) is 8.13. The van der Waals surface area contributed by atoms with Gasteiger partial charge in [0.25, 0.3) is 0 Å². The second-order valence-electron chi connectivity index (χ2n) is 9.22. The van der Waals surface area contributed by atoms with Crippen LogP contribution in [0.15, 0.2) is 24.3 Å². The second-order valence-corrected chi connectivity index (χ2v) is 12.3. The first-order valence-corrected chi connectivity index (χ1v) is 15.1. The molecule has 0 aromatic rings. The lowest BCUT2D eigenvalue weighted by atomic mass is 10.1. The van der Waals surface area contributed by atoms with Gasteiger partial charge >= 0.3 is 32.9 Å². The molecule has 2 N–H and O–H groups in total. The van der Waals surface area contributed by atoms with Crippen LogP contribution in [0, 0.1) is 0 Å². The number of ether oxygens (including phenoxy) is 6. The molecular formula is C26H46N2O13Si. The van der Waals surface area contributed by atoms with Gasteiger partial charge in [0.05, 0.1) is 26.4 Å². The van der Waals surface area contributed by atoms with Gasteiger partial charge < -0.3 is 52.3 Å². The molecule has 0 saturated heterocycles. The van der Waals surface area contributed by atoms with Gasteiger partial charge in [-0.25, -0.2) is 19.2 Å². The van der Waals surface area contributed by atoms with Gasteiger partial charge in [-0.2, -0.15) is 0 Å². The maximum atomic E-state index is 12.3. The lowest BCUT2D eigenvalue weighted by molar-refractivity contribution is -0.145. The highest BCUT2D eigenvalue weighted by Gasteiger charge is 2.37. The van der Waals surface area contributed by atoms with Gasteiger partial charge in [-0.05, 0) is 27.2 Å². The lowest BCUT2D eigenvalue weighted by Crippen LogP contribution is -2.54. The van der Waals surface area contributed by atoms with Crippen LogP contribution in [0.3, 0.4) is 0 Å². The fourth-order valence-electron chi connectivity index (χ4n) is 2.90. The normalized spacial score (nSPS) is 11.3. The highest BCUT2D eigenvalue weighted by atomic mass is 28.4. The molecule has 0 aliphatic rings. The van der Waals surface area contributed by atoms with Crippen LogP contribution in [-0.2, 0) is 51.3 Å². The molecule has 42 heavy (non-hydrogen) atoms. The number of alkyl carbamates (subject to hydrolysis) is 2. The van der Waals surface area contributed by atoms with Crippen molar-refractivity contribution in [1.82, 2.24) is 10.6 Å². The molecule has 0 spiro atoms. The van der Waals surface area contributed by atoms with Gasteiger partial charge in [-0.3, -0.25) is 0 Å². The summed E-state index contributed by atoms with van der Waals surface area (Å²) >= 11 is 0. The zero-order valence-corrected chi connectivity index (χ0v) is 26.5. The molecule has 0 heterocycles. The Morgan fingerprint density at radius 1 is 0.690 bits per heavy atom. The molecule has 0 aliphatic carbocycles. The van der Waals surface area contributed by atoms with Gasteiger partial charge in [0, 0.05) is 45.1 Å². The fourth-order valence-corrected chi connectivity index (χ4v) is 4.63. The highest BCUT2D eigenvalue weighted by molar-refractivity contribution is 6.60. The Morgan fingerprint density at radius 2 is 1.12 bits per heavy atom. The monoisotopic (exact) mass is 622 g/mol. The highest BCUT2D eigenvalue weighted by Crippen LogP contribution is 2.14. The second kappa shape index (κ2) is 21.6. The largest absolute Gasteiger partial charge is 0.500 e. The van der Waals surface area contributed by atoms with E-state index in [1.165, 1.54) is 42.1 Å². The van der Waals surface area contributed by atoms with E-state index in [9.17, 15) is 19.2 Å². The predicted octanol–water partition coefficient (Wildman–Crippen LogP) is 1.74. The Kier molecular flexibility index (Phi) is 20.1. The van der Waals surface area contributed by atoms with E-state index >= 15 is 0 Å². The molecule has 0 aliphatic heterocycles. The van der Waals surface area contributed by atoms with Gasteiger partial charge in [0.1, 0.15) is 32.0 Å². The number of nitrogens with one attached hydrogen (secondary N) is 2. The minimum atomic E-state index is -2.66. The molecule has 0 aromatic carbocycles. The third-order valence-electron chi connectivity index (χ3n) is 5.30. The summed E-state index contributed by atoms with van der Waals surface area (Å²) in [5.41, 5.74) is -0.927. The molecule has 242 valence electrons. The Balaban J connectivity index is 4.09. The molecule has 0 saturated carbocycles. The summed E-state index contributed by atoms with van der Waals surface area (Å²) in [6.45, 7) is 11.9. The predicted molar refractivity (Wildman–Crippen MR) is 152 cm³/mol. The van der Waals surface area contributed by atoms with Gasteiger partial charge in [-0.1, -0.05) is 13.2 Å². The summed E-state index contributed by atoms with van der Waals surface area (Å²) in [5, 5.41) is 5.16. The van der Waals surface area contributed by atoms with Crippen molar-refractivity contribution < 1.29 is 60.9 Å². The maximum Gasteiger partial charge on any atom is 0.500 e. The average molecular weight is 623 g/mol. The van der Waals surface area contributed by atoms with E-state index in [-0.39, 0.29) is 64.0 Å². The van der Waals surface area contributed by atoms with E-state index in [1.54, 1.807) is 0 Å². The first-order chi connectivity index (χ1) is 19.8. The number of hydrogen-bond acceptors (Lipinski definition) is 13. The number of carbonyl (C=O) groups excluding carboxylic acids is 4. The quantitative estimate of drug-likeness (QED) is 0.0555. The van der Waals surface area contributed by atoms with Crippen LogP contribution in [0.2, 0.25) is 6.04 Å². The molecule has 16 heteroatoms. The summed E-state index contributed by atoms with van der Waals surface area (Å²) in [6, 6.07) is 0.551. The van der Waals surface area contributed by atoms with Crippen LogP contribution in [0.5, 0.6) is 0 Å². The molecule has 0 rings (SSSR count). The van der Waals surface area contributed by atoms with Crippen molar-refractivity contribution in [3.8, 4) is 0 Å². The first-order valence-electron chi connectivity index (χ1n) is 13.2. The van der Waals surface area contributed by atoms with Crippen molar-refractivity contribution in [1.29, 1.82) is 0 Å². The van der Waals surface area contributed by atoms with Gasteiger partial charge in [0.2, 0.25) is 0 Å². The maximum absolute atomic E-state index is 12.3. The van der Waals surface area contributed by atoms with Crippen molar-refractivity contribution in [3.63, 3.8) is 0 Å². The van der Waals surface area contributed by atoms with E-state index in [4.69, 9.17) is 41.7 Å². The van der Waals surface area contributed by atoms with Gasteiger partial charge in [-0.15, -0.1) is 0 Å². The average Bonchev–Trinajstić information content (AvgIpc) is 2.96. The Labute approximate surface area is 248 Å². The smallest absolute Gasteiger partial charge is 0.460 e. The van der Waals surface area contributed by atoms with Crippen LogP contribution >= 0.6 is 0 Å². The summed E-state index contributed by atoms with van der Waals surface area (Å²) in [4.78, 5) is 47.5. The number of amides is 2. The van der Waals surface area contributed by atoms with E-state index in [0.717, 1.165) is 0 Å².